The molecular weight excluding hydrogens is 406 g/mol. The van der Waals surface area contributed by atoms with Crippen LogP contribution in [0.1, 0.15) is 26.4 Å². The van der Waals surface area contributed by atoms with Crippen LogP contribution >= 0.6 is 0 Å². The Morgan fingerprint density at radius 3 is 2.35 bits per heavy atom. The van der Waals surface area contributed by atoms with Gasteiger partial charge in [0, 0.05) is 18.2 Å². The fourth-order valence-electron chi connectivity index (χ4n) is 2.89. The number of hydrogen-bond acceptors (Lipinski definition) is 7. The molecule has 0 aliphatic heterocycles. The normalized spacial score (nSPS) is 10.4. The molecule has 0 aliphatic rings. The lowest BCUT2D eigenvalue weighted by molar-refractivity contribution is 0.0697. The maximum atomic E-state index is 12.8. The highest BCUT2D eigenvalue weighted by Gasteiger charge is 2.22. The van der Waals surface area contributed by atoms with Gasteiger partial charge in [-0.15, -0.1) is 0 Å². The Balaban J connectivity index is 2.06. The number of aryl methyl sites for hydroxylation is 1. The van der Waals surface area contributed by atoms with Gasteiger partial charge in [0.25, 0.3) is 11.5 Å². The molecule has 3 rings (SSSR count). The monoisotopic (exact) mass is 425 g/mol. The second-order valence-electron chi connectivity index (χ2n) is 6.48. The Morgan fingerprint density at radius 2 is 1.74 bits per heavy atom. The molecule has 2 aromatic carbocycles. The number of carbonyl (C=O) groups is 2. The van der Waals surface area contributed by atoms with Gasteiger partial charge in [0.15, 0.2) is 22.9 Å². The van der Waals surface area contributed by atoms with Crippen molar-refractivity contribution in [3.63, 3.8) is 0 Å². The van der Waals surface area contributed by atoms with Crippen LogP contribution in [0.2, 0.25) is 0 Å². The zero-order chi connectivity index (χ0) is 22.7. The largest absolute Gasteiger partial charge is 0.505 e. The van der Waals surface area contributed by atoms with Crippen molar-refractivity contribution < 1.29 is 29.3 Å². The number of carboxylic acids is 1. The second kappa shape index (κ2) is 8.57. The Morgan fingerprint density at radius 1 is 1.06 bits per heavy atom. The lowest BCUT2D eigenvalue weighted by Crippen LogP contribution is -2.25. The molecule has 1 heterocycles. The number of benzene rings is 2. The number of aromatic hydroxyl groups is 1. The van der Waals surface area contributed by atoms with Crippen molar-refractivity contribution >= 4 is 17.6 Å². The zero-order valence-electron chi connectivity index (χ0n) is 16.9. The number of anilines is 1. The van der Waals surface area contributed by atoms with Crippen molar-refractivity contribution in [2.24, 2.45) is 0 Å². The third-order valence-corrected chi connectivity index (χ3v) is 4.38. The van der Waals surface area contributed by atoms with Gasteiger partial charge in [-0.2, -0.15) is 9.78 Å². The van der Waals surface area contributed by atoms with Crippen molar-refractivity contribution in [2.75, 3.05) is 19.5 Å². The fourth-order valence-corrected chi connectivity index (χ4v) is 2.89. The topological polar surface area (TPSA) is 140 Å². The molecule has 3 aromatic rings. The summed E-state index contributed by atoms with van der Waals surface area (Å²) in [4.78, 5) is 36.7. The Hall–Kier alpha value is -4.34. The van der Waals surface area contributed by atoms with Crippen molar-refractivity contribution in [3.8, 4) is 22.9 Å². The molecule has 0 aliphatic carbocycles. The van der Waals surface area contributed by atoms with Gasteiger partial charge in [-0.1, -0.05) is 12.1 Å². The lowest BCUT2D eigenvalue weighted by Gasteiger charge is -2.14. The molecule has 0 radical (unpaired) electrons. The summed E-state index contributed by atoms with van der Waals surface area (Å²) < 4.78 is 11.2. The van der Waals surface area contributed by atoms with Crippen LogP contribution in [0.5, 0.6) is 17.2 Å². The van der Waals surface area contributed by atoms with Gasteiger partial charge in [-0.05, 0) is 24.6 Å². The average Bonchev–Trinajstić information content (AvgIpc) is 2.73. The number of ether oxygens (including phenoxy) is 2. The van der Waals surface area contributed by atoms with E-state index in [0.717, 1.165) is 16.3 Å². The third kappa shape index (κ3) is 4.32. The van der Waals surface area contributed by atoms with E-state index < -0.39 is 28.9 Å². The van der Waals surface area contributed by atoms with E-state index in [9.17, 15) is 24.6 Å². The highest BCUT2D eigenvalue weighted by molar-refractivity contribution is 6.08. The molecule has 160 valence electrons. The van der Waals surface area contributed by atoms with Crippen LogP contribution in [0.15, 0.2) is 47.3 Å². The molecule has 1 aromatic heterocycles. The van der Waals surface area contributed by atoms with Crippen LogP contribution in [0, 0.1) is 6.92 Å². The summed E-state index contributed by atoms with van der Waals surface area (Å²) in [5.74, 6) is -2.55. The van der Waals surface area contributed by atoms with Gasteiger partial charge in [0.05, 0.1) is 31.2 Å². The molecule has 0 atom stereocenters. The number of aromatic carboxylic acids is 1. The van der Waals surface area contributed by atoms with Crippen LogP contribution in [-0.2, 0) is 0 Å². The Kier molecular flexibility index (Phi) is 5.91. The number of hydrogen-bond donors (Lipinski definition) is 3. The van der Waals surface area contributed by atoms with Crippen LogP contribution in [0.25, 0.3) is 5.69 Å². The van der Waals surface area contributed by atoms with Gasteiger partial charge in [0.2, 0.25) is 0 Å². The minimum atomic E-state index is -1.32. The first-order valence-corrected chi connectivity index (χ1v) is 8.96. The van der Waals surface area contributed by atoms with Gasteiger partial charge < -0.3 is 25.0 Å². The molecule has 3 N–H and O–H groups in total. The fraction of sp³-hybridized carbons (Fsp3) is 0.143. The number of amides is 1. The Labute approximate surface area is 176 Å². The van der Waals surface area contributed by atoms with E-state index in [4.69, 9.17) is 9.47 Å². The van der Waals surface area contributed by atoms with Gasteiger partial charge >= 0.3 is 5.97 Å². The first-order chi connectivity index (χ1) is 14.7. The summed E-state index contributed by atoms with van der Waals surface area (Å²) in [5, 5.41) is 26.0. The summed E-state index contributed by atoms with van der Waals surface area (Å²) >= 11 is 0. The molecule has 1 amide bonds. The maximum absolute atomic E-state index is 12.8. The van der Waals surface area contributed by atoms with Crippen LogP contribution in [0.3, 0.4) is 0 Å². The summed E-state index contributed by atoms with van der Waals surface area (Å²) in [7, 11) is 2.70. The lowest BCUT2D eigenvalue weighted by atomic mass is 10.1. The van der Waals surface area contributed by atoms with Crippen molar-refractivity contribution in [1.29, 1.82) is 0 Å². The molecule has 0 fully saturated rings. The van der Waals surface area contributed by atoms with Crippen LogP contribution in [-0.4, -0.2) is 46.1 Å². The third-order valence-electron chi connectivity index (χ3n) is 4.38. The SMILES string of the molecule is COc1cc(NC(=O)c2nn(-c3cccc(C)c3)c(=O)cc2O)c(C(=O)O)cc1OC. The van der Waals surface area contributed by atoms with E-state index in [-0.39, 0.29) is 22.7 Å². The molecule has 0 saturated carbocycles. The highest BCUT2D eigenvalue weighted by atomic mass is 16.5. The van der Waals surface area contributed by atoms with E-state index in [2.05, 4.69) is 10.4 Å². The van der Waals surface area contributed by atoms with E-state index in [1.165, 1.54) is 26.4 Å². The first kappa shape index (κ1) is 21.4. The number of carboxylic acid groups (broad SMARTS) is 1. The number of rotatable bonds is 6. The first-order valence-electron chi connectivity index (χ1n) is 8.96. The molecule has 0 unspecified atom stereocenters. The van der Waals surface area contributed by atoms with Crippen molar-refractivity contribution in [3.05, 3.63) is 69.6 Å². The maximum Gasteiger partial charge on any atom is 0.337 e. The number of nitrogens with one attached hydrogen (secondary N) is 1. The number of nitrogens with zero attached hydrogens (tertiary/aromatic N) is 2. The van der Waals surface area contributed by atoms with E-state index in [1.807, 2.05) is 13.0 Å². The minimum Gasteiger partial charge on any atom is -0.505 e. The second-order valence-corrected chi connectivity index (χ2v) is 6.48. The van der Waals surface area contributed by atoms with Crippen LogP contribution in [0.4, 0.5) is 5.69 Å². The quantitative estimate of drug-likeness (QED) is 0.546. The predicted octanol–water partition coefficient (Wildman–Crippen LogP) is 2.21. The molecule has 10 heteroatoms. The molecule has 0 saturated heterocycles. The van der Waals surface area contributed by atoms with E-state index >= 15 is 0 Å². The van der Waals surface area contributed by atoms with Gasteiger partial charge in [-0.3, -0.25) is 9.59 Å². The number of aromatic nitrogens is 2. The van der Waals surface area contributed by atoms with Crippen molar-refractivity contribution in [1.82, 2.24) is 9.78 Å². The summed E-state index contributed by atoms with van der Waals surface area (Å²) in [6, 6.07) is 10.2. The molecule has 0 bridgehead atoms. The summed E-state index contributed by atoms with van der Waals surface area (Å²) in [5.41, 5.74) is -0.218. The number of methoxy groups -OCH3 is 2. The molecule has 10 nitrogen and oxygen atoms in total. The van der Waals surface area contributed by atoms with Crippen molar-refractivity contribution in [2.45, 2.75) is 6.92 Å². The van der Waals surface area contributed by atoms with E-state index in [1.54, 1.807) is 18.2 Å². The smallest absolute Gasteiger partial charge is 0.337 e. The van der Waals surface area contributed by atoms with Gasteiger partial charge in [0.1, 0.15) is 0 Å². The summed E-state index contributed by atoms with van der Waals surface area (Å²) in [6.07, 6.45) is 0. The van der Waals surface area contributed by atoms with E-state index in [0.29, 0.717) is 5.69 Å². The van der Waals surface area contributed by atoms with Gasteiger partial charge in [-0.25, -0.2) is 4.79 Å². The molecular formula is C21H19N3O7. The zero-order valence-corrected chi connectivity index (χ0v) is 16.9. The summed E-state index contributed by atoms with van der Waals surface area (Å²) in [6.45, 7) is 1.83. The average molecular weight is 425 g/mol. The standard InChI is InChI=1S/C21H19N3O7/c1-11-5-4-6-12(7-11)24-18(26)10-15(25)19(23-24)20(27)22-14-9-17(31-3)16(30-2)8-13(14)21(28)29/h4-10,25H,1-3H3,(H,22,27)(H,28,29). The minimum absolute atomic E-state index is 0.107. The number of carbonyl (C=O) groups excluding carboxylic acids is 1. The highest BCUT2D eigenvalue weighted by Crippen LogP contribution is 2.33. The van der Waals surface area contributed by atoms with Crippen LogP contribution < -0.4 is 20.3 Å². The molecule has 0 spiro atoms. The Bertz CT molecular complexity index is 1230. The molecule has 31 heavy (non-hydrogen) atoms. The predicted molar refractivity (Wildman–Crippen MR) is 111 cm³/mol.